The molecule has 0 fully saturated rings. The molecule has 19 heavy (non-hydrogen) atoms. The van der Waals surface area contributed by atoms with Crippen molar-refractivity contribution < 1.29 is 0 Å². The fraction of sp³-hybridized carbons (Fsp3) is 0.0714. The Balaban J connectivity index is 2.31. The Morgan fingerprint density at radius 1 is 1.26 bits per heavy atom. The molecule has 0 saturated carbocycles. The van der Waals surface area contributed by atoms with Crippen molar-refractivity contribution in [1.82, 2.24) is 9.55 Å². The number of fused-ring (bicyclic) bond motifs is 1. The van der Waals surface area contributed by atoms with Crippen molar-refractivity contribution >= 4 is 44.3 Å². The Kier molecular flexibility index (Phi) is 2.99. The average Bonchev–Trinajstić information content (AvgIpc) is 2.70. The average molecular weight is 337 g/mol. The first-order valence-electron chi connectivity index (χ1n) is 5.74. The predicted octanol–water partition coefficient (Wildman–Crippen LogP) is 4.24. The molecule has 0 aliphatic heterocycles. The van der Waals surface area contributed by atoms with Crippen LogP contribution < -0.4 is 5.73 Å². The van der Waals surface area contributed by atoms with E-state index in [0.717, 1.165) is 26.9 Å². The summed E-state index contributed by atoms with van der Waals surface area (Å²) in [5.74, 6) is 0.830. The van der Waals surface area contributed by atoms with Crippen LogP contribution in [0.4, 0.5) is 5.69 Å². The summed E-state index contributed by atoms with van der Waals surface area (Å²) in [5, 5.41) is 0.698. The maximum Gasteiger partial charge on any atom is 0.142 e. The van der Waals surface area contributed by atoms with Crippen LogP contribution in [-0.4, -0.2) is 9.55 Å². The zero-order valence-electron chi connectivity index (χ0n) is 10.2. The second kappa shape index (κ2) is 4.54. The standard InChI is InChI=1S/C14H11BrClN3/c1-19-12-7-8(16)5-6-11(12)18-14(19)9-3-2-4-10(15)13(9)17/h2-7H,17H2,1H3. The van der Waals surface area contributed by atoms with Gasteiger partial charge in [-0.05, 0) is 46.3 Å². The summed E-state index contributed by atoms with van der Waals surface area (Å²) < 4.78 is 2.87. The van der Waals surface area contributed by atoms with E-state index >= 15 is 0 Å². The molecule has 3 aromatic rings. The van der Waals surface area contributed by atoms with Crippen molar-refractivity contribution in [3.8, 4) is 11.4 Å². The molecule has 0 unspecified atom stereocenters. The van der Waals surface area contributed by atoms with Crippen LogP contribution in [0.1, 0.15) is 0 Å². The number of nitrogens with two attached hydrogens (primary N) is 1. The molecule has 0 saturated heterocycles. The molecule has 2 N–H and O–H groups in total. The first kappa shape index (κ1) is 12.5. The number of anilines is 1. The van der Waals surface area contributed by atoms with Crippen molar-refractivity contribution in [1.29, 1.82) is 0 Å². The van der Waals surface area contributed by atoms with E-state index in [4.69, 9.17) is 17.3 Å². The van der Waals surface area contributed by atoms with Gasteiger partial charge < -0.3 is 10.3 Å². The zero-order valence-corrected chi connectivity index (χ0v) is 12.5. The van der Waals surface area contributed by atoms with Crippen LogP contribution in [0.25, 0.3) is 22.4 Å². The number of aryl methyl sites for hydroxylation is 1. The van der Waals surface area contributed by atoms with Gasteiger partial charge in [-0.2, -0.15) is 0 Å². The Hall–Kier alpha value is -1.52. The highest BCUT2D eigenvalue weighted by atomic mass is 79.9. The predicted molar refractivity (Wildman–Crippen MR) is 83.3 cm³/mol. The van der Waals surface area contributed by atoms with Gasteiger partial charge in [0.25, 0.3) is 0 Å². The fourth-order valence-electron chi connectivity index (χ4n) is 2.14. The molecule has 96 valence electrons. The molecular formula is C14H11BrClN3. The third-order valence-electron chi connectivity index (χ3n) is 3.14. The highest BCUT2D eigenvalue weighted by Crippen LogP contribution is 2.33. The van der Waals surface area contributed by atoms with Gasteiger partial charge in [-0.3, -0.25) is 0 Å². The largest absolute Gasteiger partial charge is 0.397 e. The van der Waals surface area contributed by atoms with E-state index < -0.39 is 0 Å². The second-order valence-corrected chi connectivity index (χ2v) is 5.62. The summed E-state index contributed by atoms with van der Waals surface area (Å²) in [6.07, 6.45) is 0. The number of nitrogen functional groups attached to an aromatic ring is 1. The van der Waals surface area contributed by atoms with E-state index in [1.54, 1.807) is 0 Å². The van der Waals surface area contributed by atoms with Crippen LogP contribution >= 0.6 is 27.5 Å². The summed E-state index contributed by atoms with van der Waals surface area (Å²) in [4.78, 5) is 4.63. The van der Waals surface area contributed by atoms with Crippen molar-refractivity contribution in [3.05, 3.63) is 45.9 Å². The lowest BCUT2D eigenvalue weighted by Crippen LogP contribution is -1.97. The molecule has 3 rings (SSSR count). The monoisotopic (exact) mass is 335 g/mol. The molecule has 1 aromatic heterocycles. The quantitative estimate of drug-likeness (QED) is 0.676. The van der Waals surface area contributed by atoms with Crippen LogP contribution in [0.2, 0.25) is 5.02 Å². The zero-order chi connectivity index (χ0) is 13.6. The number of halogens is 2. The Bertz CT molecular complexity index is 780. The van der Waals surface area contributed by atoms with Crippen molar-refractivity contribution in [2.75, 3.05) is 5.73 Å². The van der Waals surface area contributed by atoms with E-state index in [2.05, 4.69) is 20.9 Å². The molecule has 3 nitrogen and oxygen atoms in total. The lowest BCUT2D eigenvalue weighted by atomic mass is 10.1. The summed E-state index contributed by atoms with van der Waals surface area (Å²) in [5.41, 5.74) is 9.59. The third kappa shape index (κ3) is 2.01. The molecule has 2 aromatic carbocycles. The molecule has 0 atom stereocenters. The van der Waals surface area contributed by atoms with E-state index in [-0.39, 0.29) is 0 Å². The summed E-state index contributed by atoms with van der Waals surface area (Å²) in [6, 6.07) is 11.5. The normalized spacial score (nSPS) is 11.1. The van der Waals surface area contributed by atoms with Crippen LogP contribution in [0.5, 0.6) is 0 Å². The molecule has 0 aliphatic carbocycles. The first-order valence-corrected chi connectivity index (χ1v) is 6.91. The number of nitrogens with zero attached hydrogens (tertiary/aromatic N) is 2. The van der Waals surface area contributed by atoms with Gasteiger partial charge in [-0.15, -0.1) is 0 Å². The molecule has 5 heteroatoms. The van der Waals surface area contributed by atoms with Gasteiger partial charge in [0, 0.05) is 22.1 Å². The van der Waals surface area contributed by atoms with Crippen LogP contribution in [0.3, 0.4) is 0 Å². The minimum Gasteiger partial charge on any atom is -0.397 e. The van der Waals surface area contributed by atoms with Gasteiger partial charge in [-0.25, -0.2) is 4.98 Å². The van der Waals surface area contributed by atoms with E-state index in [1.165, 1.54) is 0 Å². The number of aromatic nitrogens is 2. The van der Waals surface area contributed by atoms with Gasteiger partial charge in [0.15, 0.2) is 0 Å². The van der Waals surface area contributed by atoms with Gasteiger partial charge in [0.05, 0.1) is 16.7 Å². The van der Waals surface area contributed by atoms with E-state index in [9.17, 15) is 0 Å². The second-order valence-electron chi connectivity index (χ2n) is 4.33. The summed E-state index contributed by atoms with van der Waals surface area (Å²) in [7, 11) is 1.96. The minimum atomic E-state index is 0.687. The van der Waals surface area contributed by atoms with Crippen LogP contribution in [-0.2, 0) is 7.05 Å². The number of benzene rings is 2. The van der Waals surface area contributed by atoms with Gasteiger partial charge in [-0.1, -0.05) is 17.7 Å². The summed E-state index contributed by atoms with van der Waals surface area (Å²) in [6.45, 7) is 0. The molecule has 0 aliphatic rings. The number of imidazole rings is 1. The summed E-state index contributed by atoms with van der Waals surface area (Å²) >= 11 is 9.47. The maximum atomic E-state index is 6.11. The number of para-hydroxylation sites is 1. The maximum absolute atomic E-state index is 6.11. The fourth-order valence-corrected chi connectivity index (χ4v) is 2.67. The molecule has 0 amide bonds. The number of hydrogen-bond acceptors (Lipinski definition) is 2. The lowest BCUT2D eigenvalue weighted by molar-refractivity contribution is 0.960. The topological polar surface area (TPSA) is 43.8 Å². The molecular weight excluding hydrogens is 326 g/mol. The highest BCUT2D eigenvalue weighted by molar-refractivity contribution is 9.10. The van der Waals surface area contributed by atoms with E-state index in [0.29, 0.717) is 10.7 Å². The third-order valence-corrected chi connectivity index (χ3v) is 4.06. The number of rotatable bonds is 1. The first-order chi connectivity index (χ1) is 9.08. The van der Waals surface area contributed by atoms with Crippen molar-refractivity contribution in [2.24, 2.45) is 7.05 Å². The molecule has 0 spiro atoms. The van der Waals surface area contributed by atoms with Crippen molar-refractivity contribution in [2.45, 2.75) is 0 Å². The van der Waals surface area contributed by atoms with Gasteiger partial charge >= 0.3 is 0 Å². The molecule has 0 bridgehead atoms. The Morgan fingerprint density at radius 2 is 2.05 bits per heavy atom. The number of hydrogen-bond donors (Lipinski definition) is 1. The highest BCUT2D eigenvalue weighted by Gasteiger charge is 2.13. The smallest absolute Gasteiger partial charge is 0.142 e. The SMILES string of the molecule is Cn1c(-c2cccc(Br)c2N)nc2ccc(Cl)cc21. The van der Waals surface area contributed by atoms with Crippen molar-refractivity contribution in [3.63, 3.8) is 0 Å². The van der Waals surface area contributed by atoms with Crippen LogP contribution in [0.15, 0.2) is 40.9 Å². The van der Waals surface area contributed by atoms with Gasteiger partial charge in [0.2, 0.25) is 0 Å². The Labute approximate surface area is 124 Å². The van der Waals surface area contributed by atoms with Gasteiger partial charge in [0.1, 0.15) is 5.82 Å². The molecule has 0 radical (unpaired) electrons. The Morgan fingerprint density at radius 3 is 2.84 bits per heavy atom. The van der Waals surface area contributed by atoms with E-state index in [1.807, 2.05) is 48.0 Å². The lowest BCUT2D eigenvalue weighted by Gasteiger charge is -2.07. The molecule has 1 heterocycles. The minimum absolute atomic E-state index is 0.687. The van der Waals surface area contributed by atoms with Crippen LogP contribution in [0, 0.1) is 0 Å².